The molecule has 2 N–H and O–H groups in total. The van der Waals surface area contributed by atoms with Crippen molar-refractivity contribution in [3.05, 3.63) is 70.8 Å². The molecule has 1 aliphatic carbocycles. The van der Waals surface area contributed by atoms with Crippen molar-refractivity contribution in [3.63, 3.8) is 0 Å². The van der Waals surface area contributed by atoms with Gasteiger partial charge in [-0.25, -0.2) is 9.97 Å². The minimum Gasteiger partial charge on any atom is -0.350 e. The number of aromatic nitrogens is 4. The average Bonchev–Trinajstić information content (AvgIpc) is 3.41. The highest BCUT2D eigenvalue weighted by Crippen LogP contribution is 2.37. The summed E-state index contributed by atoms with van der Waals surface area (Å²) in [7, 11) is 0. The van der Waals surface area contributed by atoms with Crippen LogP contribution in [0.2, 0.25) is 0 Å². The molecule has 30 heavy (non-hydrogen) atoms. The Morgan fingerprint density at radius 3 is 2.77 bits per heavy atom. The summed E-state index contributed by atoms with van der Waals surface area (Å²) >= 11 is 0. The largest absolute Gasteiger partial charge is 0.350 e. The van der Waals surface area contributed by atoms with Crippen molar-refractivity contribution in [1.29, 1.82) is 0 Å². The number of amides is 1. The van der Waals surface area contributed by atoms with E-state index in [1.807, 2.05) is 24.3 Å². The van der Waals surface area contributed by atoms with Crippen LogP contribution in [0.1, 0.15) is 34.6 Å². The molecular formula is C23H26N6O. The number of nitrogens with one attached hydrogen (secondary N) is 2. The predicted molar refractivity (Wildman–Crippen MR) is 114 cm³/mol. The molecule has 0 radical (unpaired) electrons. The Morgan fingerprint density at radius 1 is 1.17 bits per heavy atom. The first-order valence-corrected chi connectivity index (χ1v) is 10.5. The molecule has 0 unspecified atom stereocenters. The maximum Gasteiger partial charge on any atom is 0.230 e. The molecule has 7 heteroatoms. The van der Waals surface area contributed by atoms with E-state index in [0.717, 1.165) is 36.6 Å². The summed E-state index contributed by atoms with van der Waals surface area (Å²) in [6.07, 6.45) is 5.65. The van der Waals surface area contributed by atoms with Crippen molar-refractivity contribution in [1.82, 2.24) is 25.5 Å². The lowest BCUT2D eigenvalue weighted by atomic mass is 9.74. The Bertz CT molecular complexity index is 1040. The minimum atomic E-state index is -0.488. The summed E-state index contributed by atoms with van der Waals surface area (Å²) in [5.74, 6) is 0.827. The fourth-order valence-corrected chi connectivity index (χ4v) is 4.64. The summed E-state index contributed by atoms with van der Waals surface area (Å²) in [5, 5.41) is 9.95. The number of nitrogens with zero attached hydrogens (tertiary/aromatic N) is 4. The summed E-state index contributed by atoms with van der Waals surface area (Å²) in [5.41, 5.74) is 5.15. The van der Waals surface area contributed by atoms with Crippen LogP contribution in [0.25, 0.3) is 0 Å². The Kier molecular flexibility index (Phi) is 4.73. The third kappa shape index (κ3) is 3.44. The number of H-pyrrole nitrogens is 1. The second-order valence-electron chi connectivity index (χ2n) is 8.45. The zero-order valence-electron chi connectivity index (χ0n) is 17.2. The van der Waals surface area contributed by atoms with Crippen molar-refractivity contribution >= 4 is 11.9 Å². The molecule has 2 aromatic heterocycles. The monoisotopic (exact) mass is 402 g/mol. The first-order valence-electron chi connectivity index (χ1n) is 10.5. The van der Waals surface area contributed by atoms with Gasteiger partial charge in [-0.05, 0) is 49.8 Å². The van der Waals surface area contributed by atoms with E-state index in [-0.39, 0.29) is 5.91 Å². The zero-order chi connectivity index (χ0) is 20.6. The molecule has 0 spiro atoms. The predicted octanol–water partition coefficient (Wildman–Crippen LogP) is 2.36. The van der Waals surface area contributed by atoms with Crippen molar-refractivity contribution < 1.29 is 4.79 Å². The van der Waals surface area contributed by atoms with Crippen LogP contribution in [0.5, 0.6) is 0 Å². The highest BCUT2D eigenvalue weighted by Gasteiger charge is 2.50. The number of aromatic amines is 1. The van der Waals surface area contributed by atoms with Crippen LogP contribution >= 0.6 is 0 Å². The molecule has 1 amide bonds. The van der Waals surface area contributed by atoms with Gasteiger partial charge in [0.2, 0.25) is 11.9 Å². The van der Waals surface area contributed by atoms with E-state index in [9.17, 15) is 4.79 Å². The number of aryl methyl sites for hydroxylation is 2. The van der Waals surface area contributed by atoms with Crippen LogP contribution < -0.4 is 10.2 Å². The van der Waals surface area contributed by atoms with E-state index in [0.29, 0.717) is 26.1 Å². The molecular weight excluding hydrogens is 376 g/mol. The molecule has 3 heterocycles. The van der Waals surface area contributed by atoms with Gasteiger partial charge in [0.15, 0.2) is 0 Å². The van der Waals surface area contributed by atoms with Gasteiger partial charge in [-0.2, -0.15) is 5.10 Å². The second-order valence-corrected chi connectivity index (χ2v) is 8.45. The average molecular weight is 403 g/mol. The smallest absolute Gasteiger partial charge is 0.230 e. The third-order valence-electron chi connectivity index (χ3n) is 6.26. The van der Waals surface area contributed by atoms with Crippen LogP contribution in [0.3, 0.4) is 0 Å². The molecule has 0 atom stereocenters. The number of carbonyl (C=O) groups excluding carboxylic acids is 1. The first-order chi connectivity index (χ1) is 14.6. The van der Waals surface area contributed by atoms with E-state index in [2.05, 4.69) is 39.5 Å². The lowest BCUT2D eigenvalue weighted by molar-refractivity contribution is -0.132. The second kappa shape index (κ2) is 7.55. The zero-order valence-corrected chi connectivity index (χ0v) is 17.2. The van der Waals surface area contributed by atoms with Gasteiger partial charge in [0, 0.05) is 30.7 Å². The van der Waals surface area contributed by atoms with Crippen LogP contribution in [0.15, 0.2) is 42.6 Å². The molecule has 3 aromatic rings. The summed E-state index contributed by atoms with van der Waals surface area (Å²) in [6.45, 7) is 3.76. The first kappa shape index (κ1) is 18.8. The maximum absolute atomic E-state index is 13.3. The van der Waals surface area contributed by atoms with Crippen molar-refractivity contribution in [2.24, 2.45) is 5.41 Å². The number of benzene rings is 1. The standard InChI is InChI=1S/C23H26N6O/c1-16-19-8-5-9-20(19)27-22(26-16)29-14-23(15-29,12-17-6-3-2-4-7-17)21(30)24-13-18-10-11-25-28-18/h2-4,6-7,10-11H,5,8-9,12-15H2,1H3,(H,24,30)(H,25,28). The van der Waals surface area contributed by atoms with E-state index in [1.54, 1.807) is 6.20 Å². The molecule has 2 aliphatic rings. The summed E-state index contributed by atoms with van der Waals surface area (Å²) in [6, 6.07) is 12.1. The van der Waals surface area contributed by atoms with Crippen LogP contribution in [-0.4, -0.2) is 39.2 Å². The highest BCUT2D eigenvalue weighted by molar-refractivity contribution is 5.86. The highest BCUT2D eigenvalue weighted by atomic mass is 16.2. The molecule has 154 valence electrons. The van der Waals surface area contributed by atoms with Crippen LogP contribution in [0.4, 0.5) is 5.95 Å². The number of fused-ring (bicyclic) bond motifs is 1. The molecule has 1 saturated heterocycles. The van der Waals surface area contributed by atoms with Gasteiger partial charge in [-0.15, -0.1) is 0 Å². The Hall–Kier alpha value is -3.22. The fourth-order valence-electron chi connectivity index (χ4n) is 4.64. The number of anilines is 1. The van der Waals surface area contributed by atoms with Gasteiger partial charge >= 0.3 is 0 Å². The Labute approximate surface area is 175 Å². The third-order valence-corrected chi connectivity index (χ3v) is 6.26. The Balaban J connectivity index is 1.35. The number of rotatable bonds is 6. The van der Waals surface area contributed by atoms with E-state index < -0.39 is 5.41 Å². The number of hydrogen-bond donors (Lipinski definition) is 2. The van der Waals surface area contributed by atoms with Crippen LogP contribution in [0, 0.1) is 12.3 Å². The molecule has 7 nitrogen and oxygen atoms in total. The number of carbonyl (C=O) groups is 1. The normalized spacial score (nSPS) is 16.8. The summed E-state index contributed by atoms with van der Waals surface area (Å²) in [4.78, 5) is 25.0. The van der Waals surface area contributed by atoms with Crippen molar-refractivity contribution in [3.8, 4) is 0 Å². The minimum absolute atomic E-state index is 0.0649. The SMILES string of the molecule is Cc1nc(N2CC(Cc3ccccc3)(C(=O)NCc3ccn[nH]3)C2)nc2c1CCC2. The van der Waals surface area contributed by atoms with Gasteiger partial charge in [-0.1, -0.05) is 30.3 Å². The lowest BCUT2D eigenvalue weighted by Crippen LogP contribution is -2.65. The quantitative estimate of drug-likeness (QED) is 0.661. The molecule has 1 fully saturated rings. The van der Waals surface area contributed by atoms with Gasteiger partial charge in [0.05, 0.1) is 17.7 Å². The molecule has 0 saturated carbocycles. The Morgan fingerprint density at radius 2 is 2.00 bits per heavy atom. The molecule has 0 bridgehead atoms. The summed E-state index contributed by atoms with van der Waals surface area (Å²) < 4.78 is 0. The van der Waals surface area contributed by atoms with E-state index in [4.69, 9.17) is 9.97 Å². The molecule has 1 aliphatic heterocycles. The van der Waals surface area contributed by atoms with Crippen molar-refractivity contribution in [2.45, 2.75) is 39.2 Å². The topological polar surface area (TPSA) is 86.8 Å². The molecule has 1 aromatic carbocycles. The van der Waals surface area contributed by atoms with E-state index >= 15 is 0 Å². The van der Waals surface area contributed by atoms with Crippen LogP contribution in [-0.2, 0) is 30.6 Å². The van der Waals surface area contributed by atoms with Gasteiger partial charge in [0.25, 0.3) is 0 Å². The van der Waals surface area contributed by atoms with Gasteiger partial charge < -0.3 is 10.2 Å². The van der Waals surface area contributed by atoms with E-state index in [1.165, 1.54) is 16.8 Å². The van der Waals surface area contributed by atoms with Gasteiger partial charge in [0.1, 0.15) is 0 Å². The van der Waals surface area contributed by atoms with Crippen molar-refractivity contribution in [2.75, 3.05) is 18.0 Å². The van der Waals surface area contributed by atoms with Gasteiger partial charge in [-0.3, -0.25) is 9.89 Å². The number of hydrogen-bond acceptors (Lipinski definition) is 5. The molecule has 5 rings (SSSR count). The maximum atomic E-state index is 13.3. The fraction of sp³-hybridized carbons (Fsp3) is 0.391. The lowest BCUT2D eigenvalue weighted by Gasteiger charge is -2.49.